The molecule has 0 saturated carbocycles. The van der Waals surface area contributed by atoms with E-state index in [0.29, 0.717) is 6.79 Å². The average molecular weight is 365 g/mol. The SMILES string of the molecule is Cl.Fc1ccc(N2CCN(CCc3ccc4c(c3)OCO4)CC2)cc1. The molecule has 0 atom stereocenters. The molecule has 2 aromatic rings. The molecule has 2 aliphatic heterocycles. The van der Waals surface area contributed by atoms with Crippen LogP contribution in [-0.4, -0.2) is 44.4 Å². The summed E-state index contributed by atoms with van der Waals surface area (Å²) in [5.74, 6) is 1.52. The number of hydrogen-bond donors (Lipinski definition) is 0. The van der Waals surface area contributed by atoms with Crippen LogP contribution in [0.2, 0.25) is 0 Å². The predicted octanol–water partition coefficient (Wildman–Crippen LogP) is 3.34. The molecule has 4 nitrogen and oxygen atoms in total. The highest BCUT2D eigenvalue weighted by molar-refractivity contribution is 5.85. The molecule has 2 heterocycles. The van der Waals surface area contributed by atoms with E-state index >= 15 is 0 Å². The van der Waals surface area contributed by atoms with Crippen molar-refractivity contribution < 1.29 is 13.9 Å². The van der Waals surface area contributed by atoms with E-state index in [4.69, 9.17) is 9.47 Å². The fourth-order valence-corrected chi connectivity index (χ4v) is 3.27. The van der Waals surface area contributed by atoms with Gasteiger partial charge in [-0.25, -0.2) is 4.39 Å². The first-order valence-corrected chi connectivity index (χ1v) is 8.39. The molecule has 134 valence electrons. The van der Waals surface area contributed by atoms with Gasteiger partial charge in [0.1, 0.15) is 5.82 Å². The second-order valence-electron chi connectivity index (χ2n) is 6.24. The molecule has 2 aliphatic rings. The van der Waals surface area contributed by atoms with Gasteiger partial charge >= 0.3 is 0 Å². The van der Waals surface area contributed by atoms with E-state index in [2.05, 4.69) is 21.9 Å². The van der Waals surface area contributed by atoms with Gasteiger partial charge in [0, 0.05) is 38.4 Å². The van der Waals surface area contributed by atoms with Crippen molar-refractivity contribution in [1.29, 1.82) is 0 Å². The summed E-state index contributed by atoms with van der Waals surface area (Å²) in [5.41, 5.74) is 2.38. The molecule has 1 saturated heterocycles. The van der Waals surface area contributed by atoms with Crippen molar-refractivity contribution in [2.45, 2.75) is 6.42 Å². The van der Waals surface area contributed by atoms with Crippen LogP contribution in [0.3, 0.4) is 0 Å². The molecule has 0 amide bonds. The number of halogens is 2. The Labute approximate surface area is 153 Å². The summed E-state index contributed by atoms with van der Waals surface area (Å²) in [6.07, 6.45) is 1.01. The molecule has 0 spiro atoms. The van der Waals surface area contributed by atoms with Crippen LogP contribution in [0.25, 0.3) is 0 Å². The zero-order valence-electron chi connectivity index (χ0n) is 14.0. The van der Waals surface area contributed by atoms with E-state index < -0.39 is 0 Å². The largest absolute Gasteiger partial charge is 0.454 e. The van der Waals surface area contributed by atoms with Crippen LogP contribution >= 0.6 is 12.4 Å². The lowest BCUT2D eigenvalue weighted by molar-refractivity contribution is 0.174. The predicted molar refractivity (Wildman–Crippen MR) is 98.6 cm³/mol. The van der Waals surface area contributed by atoms with Gasteiger partial charge in [-0.3, -0.25) is 4.90 Å². The number of piperazine rings is 1. The first kappa shape index (κ1) is 17.8. The summed E-state index contributed by atoms with van der Waals surface area (Å²) in [6, 6.07) is 13.0. The van der Waals surface area contributed by atoms with E-state index in [1.54, 1.807) is 0 Å². The first-order valence-electron chi connectivity index (χ1n) is 8.39. The Morgan fingerprint density at radius 1 is 0.880 bits per heavy atom. The molecular weight excluding hydrogens is 343 g/mol. The quantitative estimate of drug-likeness (QED) is 0.830. The monoisotopic (exact) mass is 364 g/mol. The lowest BCUT2D eigenvalue weighted by atomic mass is 10.1. The fourth-order valence-electron chi connectivity index (χ4n) is 3.27. The minimum atomic E-state index is -0.180. The molecule has 25 heavy (non-hydrogen) atoms. The number of fused-ring (bicyclic) bond motifs is 1. The number of hydrogen-bond acceptors (Lipinski definition) is 4. The summed E-state index contributed by atoms with van der Waals surface area (Å²) < 4.78 is 23.8. The summed E-state index contributed by atoms with van der Waals surface area (Å²) in [4.78, 5) is 4.79. The Kier molecular flexibility index (Phi) is 5.66. The van der Waals surface area contributed by atoms with Crippen LogP contribution in [-0.2, 0) is 6.42 Å². The van der Waals surface area contributed by atoms with Crippen molar-refractivity contribution in [3.05, 3.63) is 53.8 Å². The van der Waals surface area contributed by atoms with Crippen molar-refractivity contribution in [2.24, 2.45) is 0 Å². The Morgan fingerprint density at radius 3 is 2.36 bits per heavy atom. The highest BCUT2D eigenvalue weighted by Gasteiger charge is 2.18. The van der Waals surface area contributed by atoms with Crippen LogP contribution in [0.15, 0.2) is 42.5 Å². The first-order chi connectivity index (χ1) is 11.8. The Hall–Kier alpha value is -1.98. The molecule has 0 unspecified atom stereocenters. The highest BCUT2D eigenvalue weighted by Crippen LogP contribution is 2.32. The summed E-state index contributed by atoms with van der Waals surface area (Å²) in [7, 11) is 0. The molecule has 1 fully saturated rings. The van der Waals surface area contributed by atoms with Gasteiger partial charge in [0.2, 0.25) is 6.79 Å². The zero-order chi connectivity index (χ0) is 16.4. The van der Waals surface area contributed by atoms with Crippen molar-refractivity contribution >= 4 is 18.1 Å². The Balaban J connectivity index is 0.00000182. The van der Waals surface area contributed by atoms with Gasteiger partial charge in [-0.1, -0.05) is 6.07 Å². The molecule has 2 aromatic carbocycles. The minimum absolute atomic E-state index is 0. The van der Waals surface area contributed by atoms with Gasteiger partial charge in [-0.2, -0.15) is 0 Å². The van der Waals surface area contributed by atoms with Crippen molar-refractivity contribution in [3.8, 4) is 11.5 Å². The van der Waals surface area contributed by atoms with Gasteiger partial charge in [0.25, 0.3) is 0 Å². The number of benzene rings is 2. The van der Waals surface area contributed by atoms with E-state index in [1.807, 2.05) is 18.2 Å². The maximum absolute atomic E-state index is 13.0. The number of rotatable bonds is 4. The third-order valence-electron chi connectivity index (χ3n) is 4.72. The Bertz CT molecular complexity index is 703. The smallest absolute Gasteiger partial charge is 0.231 e. The lowest BCUT2D eigenvalue weighted by Gasteiger charge is -2.36. The molecule has 0 N–H and O–H groups in total. The topological polar surface area (TPSA) is 24.9 Å². The summed E-state index contributed by atoms with van der Waals surface area (Å²) in [5, 5.41) is 0. The standard InChI is InChI=1S/C19H21FN2O2.ClH/c20-16-2-4-17(5-3-16)22-11-9-21(10-12-22)8-7-15-1-6-18-19(13-15)24-14-23-18;/h1-6,13H,7-12,14H2;1H. The van der Waals surface area contributed by atoms with Crippen molar-refractivity contribution in [2.75, 3.05) is 44.4 Å². The van der Waals surface area contributed by atoms with E-state index in [1.165, 1.54) is 17.7 Å². The fraction of sp³-hybridized carbons (Fsp3) is 0.368. The molecule has 4 rings (SSSR count). The molecule has 0 aromatic heterocycles. The van der Waals surface area contributed by atoms with Crippen molar-refractivity contribution in [3.63, 3.8) is 0 Å². The minimum Gasteiger partial charge on any atom is -0.454 e. The lowest BCUT2D eigenvalue weighted by Crippen LogP contribution is -2.47. The maximum atomic E-state index is 13.0. The molecule has 6 heteroatoms. The van der Waals surface area contributed by atoms with Gasteiger partial charge in [-0.15, -0.1) is 12.4 Å². The average Bonchev–Trinajstić information content (AvgIpc) is 3.09. The van der Waals surface area contributed by atoms with Gasteiger partial charge in [0.15, 0.2) is 11.5 Å². The Morgan fingerprint density at radius 2 is 1.60 bits per heavy atom. The maximum Gasteiger partial charge on any atom is 0.231 e. The van der Waals surface area contributed by atoms with Gasteiger partial charge in [-0.05, 0) is 48.4 Å². The van der Waals surface area contributed by atoms with Gasteiger partial charge in [0.05, 0.1) is 0 Å². The third-order valence-corrected chi connectivity index (χ3v) is 4.72. The second kappa shape index (κ2) is 7.93. The summed E-state index contributed by atoms with van der Waals surface area (Å²) in [6.45, 7) is 5.38. The van der Waals surface area contributed by atoms with E-state index in [9.17, 15) is 4.39 Å². The number of ether oxygens (including phenoxy) is 2. The second-order valence-corrected chi connectivity index (χ2v) is 6.24. The summed E-state index contributed by atoms with van der Waals surface area (Å²) >= 11 is 0. The highest BCUT2D eigenvalue weighted by atomic mass is 35.5. The third kappa shape index (κ3) is 4.17. The van der Waals surface area contributed by atoms with Crippen molar-refractivity contribution in [1.82, 2.24) is 4.90 Å². The molecule has 0 bridgehead atoms. The normalized spacial score (nSPS) is 16.6. The van der Waals surface area contributed by atoms with Gasteiger partial charge < -0.3 is 14.4 Å². The van der Waals surface area contributed by atoms with E-state index in [0.717, 1.165) is 56.3 Å². The number of anilines is 1. The molecule has 0 radical (unpaired) electrons. The van der Waals surface area contributed by atoms with Crippen LogP contribution < -0.4 is 14.4 Å². The van der Waals surface area contributed by atoms with Crippen LogP contribution in [0.5, 0.6) is 11.5 Å². The van der Waals surface area contributed by atoms with Crippen LogP contribution in [0.1, 0.15) is 5.56 Å². The van der Waals surface area contributed by atoms with Crippen LogP contribution in [0.4, 0.5) is 10.1 Å². The number of nitrogens with zero attached hydrogens (tertiary/aromatic N) is 2. The molecule has 0 aliphatic carbocycles. The van der Waals surface area contributed by atoms with E-state index in [-0.39, 0.29) is 18.2 Å². The molecular formula is C19H22ClFN2O2. The van der Waals surface area contributed by atoms with Crippen LogP contribution in [0, 0.1) is 5.82 Å². The zero-order valence-corrected chi connectivity index (χ0v) is 14.8.